The average molecular weight is 240 g/mol. The molecule has 1 aliphatic rings. The molecule has 0 radical (unpaired) electrons. The topological polar surface area (TPSA) is 38.5 Å². The van der Waals surface area contributed by atoms with Gasteiger partial charge < -0.3 is 15.4 Å². The van der Waals surface area contributed by atoms with Crippen molar-refractivity contribution in [3.63, 3.8) is 0 Å². The van der Waals surface area contributed by atoms with Crippen LogP contribution in [-0.2, 0) is 4.74 Å². The lowest BCUT2D eigenvalue weighted by Gasteiger charge is -2.60. The van der Waals surface area contributed by atoms with Crippen LogP contribution >= 0.6 is 0 Å². The number of rotatable bonds is 6. The first-order valence-corrected chi connectivity index (χ1v) is 6.46. The molecule has 1 saturated carbocycles. The maximum absolute atomic E-state index is 6.53. The van der Waals surface area contributed by atoms with Crippen LogP contribution < -0.4 is 5.73 Å². The zero-order valence-corrected chi connectivity index (χ0v) is 12.0. The van der Waals surface area contributed by atoms with Crippen LogP contribution in [0.5, 0.6) is 0 Å². The molecule has 0 aromatic carbocycles. The molecule has 1 fully saturated rings. The third-order valence-corrected chi connectivity index (χ3v) is 4.10. The van der Waals surface area contributed by atoms with Gasteiger partial charge in [0.25, 0.3) is 0 Å². The molecule has 3 heteroatoms. The van der Waals surface area contributed by atoms with Crippen LogP contribution in [0.2, 0.25) is 0 Å². The number of likely N-dealkylation sites (N-methyl/N-ethyl adjacent to an activating group) is 1. The van der Waals surface area contributed by atoms with E-state index in [9.17, 15) is 0 Å². The van der Waals surface area contributed by atoms with Crippen molar-refractivity contribution in [2.24, 2.45) is 11.1 Å². The molecule has 100 valence electrons. The minimum Gasteiger partial charge on any atom is -0.378 e. The molecule has 0 aromatic rings. The monoisotopic (exact) mass is 240 g/mol. The molecule has 1 aliphatic carbocycles. The van der Waals surface area contributed by atoms with Gasteiger partial charge in [-0.05, 0) is 27.3 Å². The second kappa shape index (κ2) is 5.09. The normalized spacial score (nSPS) is 31.4. The molecular formula is C14H28N2O. The van der Waals surface area contributed by atoms with E-state index in [2.05, 4.69) is 39.3 Å². The van der Waals surface area contributed by atoms with Crippen LogP contribution in [0.25, 0.3) is 0 Å². The molecule has 0 amide bonds. The van der Waals surface area contributed by atoms with Crippen molar-refractivity contribution in [2.75, 3.05) is 26.7 Å². The van der Waals surface area contributed by atoms with Crippen molar-refractivity contribution in [3.8, 4) is 0 Å². The second-order valence-electron chi connectivity index (χ2n) is 6.16. The maximum atomic E-state index is 6.53. The summed E-state index contributed by atoms with van der Waals surface area (Å²) >= 11 is 0. The summed E-state index contributed by atoms with van der Waals surface area (Å²) in [6, 6.07) is 0. The molecule has 3 nitrogen and oxygen atoms in total. The fourth-order valence-corrected chi connectivity index (χ4v) is 2.77. The third-order valence-electron chi connectivity index (χ3n) is 4.10. The highest BCUT2D eigenvalue weighted by molar-refractivity contribution is 5.15. The number of hydrogen-bond acceptors (Lipinski definition) is 3. The summed E-state index contributed by atoms with van der Waals surface area (Å²) in [6.07, 6.45) is 1.25. The predicted octanol–water partition coefficient (Wildman–Crippen LogP) is 2.03. The minimum absolute atomic E-state index is 0.0480. The van der Waals surface area contributed by atoms with Gasteiger partial charge in [-0.3, -0.25) is 0 Å². The van der Waals surface area contributed by atoms with E-state index in [-0.39, 0.29) is 11.0 Å². The van der Waals surface area contributed by atoms with Gasteiger partial charge in [0.05, 0.1) is 6.10 Å². The first-order chi connectivity index (χ1) is 7.73. The summed E-state index contributed by atoms with van der Waals surface area (Å²) in [5, 5.41) is 0. The van der Waals surface area contributed by atoms with Gasteiger partial charge in [-0.25, -0.2) is 0 Å². The molecule has 0 aliphatic heterocycles. The van der Waals surface area contributed by atoms with Gasteiger partial charge in [0.1, 0.15) is 0 Å². The van der Waals surface area contributed by atoms with Crippen molar-refractivity contribution in [1.29, 1.82) is 0 Å². The third kappa shape index (κ3) is 2.90. The summed E-state index contributed by atoms with van der Waals surface area (Å²) in [5.74, 6) is 0. The number of ether oxygens (including phenoxy) is 1. The highest BCUT2D eigenvalue weighted by Gasteiger charge is 2.58. The van der Waals surface area contributed by atoms with E-state index in [1.165, 1.54) is 5.57 Å². The Morgan fingerprint density at radius 3 is 2.53 bits per heavy atom. The molecule has 17 heavy (non-hydrogen) atoms. The maximum Gasteiger partial charge on any atom is 0.0662 e. The van der Waals surface area contributed by atoms with Gasteiger partial charge in [0.2, 0.25) is 0 Å². The van der Waals surface area contributed by atoms with E-state index in [1.54, 1.807) is 0 Å². The lowest BCUT2D eigenvalue weighted by atomic mass is 9.54. The van der Waals surface area contributed by atoms with E-state index in [1.807, 2.05) is 6.92 Å². The van der Waals surface area contributed by atoms with Crippen LogP contribution in [0.3, 0.4) is 0 Å². The Bertz CT molecular complexity index is 288. The Morgan fingerprint density at radius 1 is 1.53 bits per heavy atom. The number of hydrogen-bond donors (Lipinski definition) is 1. The van der Waals surface area contributed by atoms with E-state index in [0.29, 0.717) is 6.10 Å². The Morgan fingerprint density at radius 2 is 2.12 bits per heavy atom. The summed E-state index contributed by atoms with van der Waals surface area (Å²) in [5.41, 5.74) is 7.61. The van der Waals surface area contributed by atoms with Gasteiger partial charge in [-0.2, -0.15) is 0 Å². The van der Waals surface area contributed by atoms with Gasteiger partial charge >= 0.3 is 0 Å². The quantitative estimate of drug-likeness (QED) is 0.722. The number of nitrogens with zero attached hydrogens (tertiary/aromatic N) is 1. The highest BCUT2D eigenvalue weighted by Crippen LogP contribution is 2.49. The molecule has 2 unspecified atom stereocenters. The molecule has 2 N–H and O–H groups in total. The van der Waals surface area contributed by atoms with Gasteiger partial charge in [0, 0.05) is 30.7 Å². The first kappa shape index (κ1) is 14.7. The van der Waals surface area contributed by atoms with E-state index in [4.69, 9.17) is 10.5 Å². The average Bonchev–Trinajstić information content (AvgIpc) is 2.15. The Kier molecular flexibility index (Phi) is 4.39. The van der Waals surface area contributed by atoms with Crippen LogP contribution in [-0.4, -0.2) is 43.3 Å². The lowest BCUT2D eigenvalue weighted by molar-refractivity contribution is -0.154. The van der Waals surface area contributed by atoms with Crippen molar-refractivity contribution in [2.45, 2.75) is 45.8 Å². The van der Waals surface area contributed by atoms with Crippen molar-refractivity contribution in [3.05, 3.63) is 12.2 Å². The molecule has 2 atom stereocenters. The fourth-order valence-electron chi connectivity index (χ4n) is 2.77. The Labute approximate surface area is 106 Å². The molecule has 0 spiro atoms. The van der Waals surface area contributed by atoms with E-state index < -0.39 is 0 Å². The van der Waals surface area contributed by atoms with Crippen molar-refractivity contribution in [1.82, 2.24) is 4.90 Å². The van der Waals surface area contributed by atoms with Crippen molar-refractivity contribution >= 4 is 0 Å². The highest BCUT2D eigenvalue weighted by atomic mass is 16.5. The lowest BCUT2D eigenvalue weighted by Crippen LogP contribution is -2.73. The fraction of sp³-hybridized carbons (Fsp3) is 0.857. The summed E-state index contributed by atoms with van der Waals surface area (Å²) in [6.45, 7) is 15.0. The summed E-state index contributed by atoms with van der Waals surface area (Å²) in [4.78, 5) is 2.26. The number of nitrogens with two attached hydrogens (primary N) is 1. The molecule has 0 heterocycles. The molecule has 1 rings (SSSR count). The summed E-state index contributed by atoms with van der Waals surface area (Å²) in [7, 11) is 2.10. The van der Waals surface area contributed by atoms with Crippen LogP contribution in [0, 0.1) is 5.41 Å². The molecule has 0 bridgehead atoms. The predicted molar refractivity (Wildman–Crippen MR) is 73.0 cm³/mol. The van der Waals surface area contributed by atoms with Crippen molar-refractivity contribution < 1.29 is 4.74 Å². The van der Waals surface area contributed by atoms with Gasteiger partial charge in [-0.1, -0.05) is 26.0 Å². The van der Waals surface area contributed by atoms with Gasteiger partial charge in [-0.15, -0.1) is 0 Å². The zero-order valence-electron chi connectivity index (χ0n) is 12.0. The van der Waals surface area contributed by atoms with E-state index in [0.717, 1.165) is 26.1 Å². The zero-order chi connectivity index (χ0) is 13.3. The molecular weight excluding hydrogens is 212 g/mol. The smallest absolute Gasteiger partial charge is 0.0662 e. The minimum atomic E-state index is -0.142. The Hall–Kier alpha value is -0.380. The van der Waals surface area contributed by atoms with Crippen LogP contribution in [0.15, 0.2) is 12.2 Å². The standard InChI is InChI=1S/C14H28N2O/c1-7-17-12-8-14(15,13(12,4)5)10-16(6)9-11(2)3/h12H,2,7-10,15H2,1,3-6H3. The Balaban J connectivity index is 2.57. The van der Waals surface area contributed by atoms with Crippen LogP contribution in [0.4, 0.5) is 0 Å². The first-order valence-electron chi connectivity index (χ1n) is 6.46. The van der Waals surface area contributed by atoms with Crippen LogP contribution in [0.1, 0.15) is 34.1 Å². The largest absolute Gasteiger partial charge is 0.378 e. The molecule has 0 aromatic heterocycles. The summed E-state index contributed by atoms with van der Waals surface area (Å²) < 4.78 is 5.74. The second-order valence-corrected chi connectivity index (χ2v) is 6.16. The van der Waals surface area contributed by atoms with Gasteiger partial charge in [0.15, 0.2) is 0 Å². The molecule has 0 saturated heterocycles. The SMILES string of the molecule is C=C(C)CN(C)CC1(N)CC(OCC)C1(C)C. The van der Waals surface area contributed by atoms with E-state index >= 15 is 0 Å².